The van der Waals surface area contributed by atoms with Crippen LogP contribution in [0.3, 0.4) is 0 Å². The van der Waals surface area contributed by atoms with Crippen molar-refractivity contribution in [3.05, 3.63) is 0 Å². The predicted octanol–water partition coefficient (Wildman–Crippen LogP) is 8.49. The Labute approximate surface area is 224 Å². The van der Waals surface area contributed by atoms with Crippen molar-refractivity contribution in [2.75, 3.05) is 25.4 Å². The second kappa shape index (κ2) is 18.1. The molecule has 4 aliphatic carbocycles. The molecule has 1 nitrogen and oxygen atoms in total. The monoisotopic (exact) mass is 697 g/mol. The predicted molar refractivity (Wildman–Crippen MR) is 155 cm³/mol. The van der Waals surface area contributed by atoms with E-state index in [0.29, 0.717) is 0 Å². The van der Waals surface area contributed by atoms with E-state index in [-0.39, 0.29) is 15.8 Å². The van der Waals surface area contributed by atoms with Gasteiger partial charge in [-0.3, -0.25) is 0 Å². The molecule has 0 aromatic rings. The van der Waals surface area contributed by atoms with E-state index >= 15 is 0 Å². The summed E-state index contributed by atoms with van der Waals surface area (Å²) in [5.41, 5.74) is 4.70. The summed E-state index contributed by atoms with van der Waals surface area (Å²) in [7, 11) is 4.41. The minimum atomic E-state index is -0.140. The Morgan fingerprint density at radius 2 is 0.697 bits per heavy atom. The van der Waals surface area contributed by atoms with Gasteiger partial charge in [-0.05, 0) is 103 Å². The van der Waals surface area contributed by atoms with Crippen LogP contribution in [0.5, 0.6) is 0 Å². The molecule has 0 spiro atoms. The molecule has 0 aromatic carbocycles. The molecule has 0 atom stereocenters. The molecule has 33 heavy (non-hydrogen) atoms. The molecular formula is C28H57ClIrNP2+2. The zero-order chi connectivity index (χ0) is 23.1. The third-order valence-electron chi connectivity index (χ3n) is 9.70. The Balaban J connectivity index is 0.00000149. The zero-order valence-electron chi connectivity index (χ0n) is 21.5. The molecule has 0 aromatic heterocycles. The Bertz CT molecular complexity index is 395. The van der Waals surface area contributed by atoms with Crippen molar-refractivity contribution in [3.8, 4) is 0 Å². The van der Waals surface area contributed by atoms with Gasteiger partial charge in [-0.15, -0.1) is 0 Å². The van der Waals surface area contributed by atoms with Crippen molar-refractivity contribution in [1.29, 1.82) is 0 Å². The van der Waals surface area contributed by atoms with Gasteiger partial charge in [-0.25, -0.2) is 0 Å². The first kappa shape index (κ1) is 29.3. The molecule has 4 saturated carbocycles. The number of hydrogen-bond donors (Lipinski definition) is 1. The van der Waals surface area contributed by atoms with E-state index in [4.69, 9.17) is 9.58 Å². The van der Waals surface area contributed by atoms with Gasteiger partial charge in [0.15, 0.2) is 0 Å². The van der Waals surface area contributed by atoms with E-state index in [0.717, 1.165) is 0 Å². The Hall–Kier alpha value is 1.76. The van der Waals surface area contributed by atoms with Gasteiger partial charge in [0.2, 0.25) is 0 Å². The van der Waals surface area contributed by atoms with Crippen LogP contribution in [-0.4, -0.2) is 48.0 Å². The molecule has 0 aliphatic heterocycles. The molecule has 4 rings (SSSR count). The maximum absolute atomic E-state index is 4.69. The van der Waals surface area contributed by atoms with Crippen molar-refractivity contribution < 1.29 is 17.9 Å². The first-order valence-electron chi connectivity index (χ1n) is 15.0. The normalized spacial score (nSPS) is 24.8. The van der Waals surface area contributed by atoms with Crippen LogP contribution in [0.4, 0.5) is 0 Å². The van der Waals surface area contributed by atoms with Crippen LogP contribution in [0, 0.1) is 0 Å². The molecule has 198 valence electrons. The Morgan fingerprint density at radius 1 is 0.455 bits per heavy atom. The summed E-state index contributed by atoms with van der Waals surface area (Å²) >= 11 is 1.19. The van der Waals surface area contributed by atoms with Crippen molar-refractivity contribution >= 4 is 25.4 Å². The van der Waals surface area contributed by atoms with E-state index in [1.807, 2.05) is 0 Å². The van der Waals surface area contributed by atoms with E-state index in [1.54, 1.807) is 115 Å². The van der Waals surface area contributed by atoms with Gasteiger partial charge in [-0.1, -0.05) is 25.7 Å². The van der Waals surface area contributed by atoms with E-state index in [1.165, 1.54) is 79.3 Å². The molecule has 0 unspecified atom stereocenters. The quantitative estimate of drug-likeness (QED) is 0.179. The van der Waals surface area contributed by atoms with Crippen molar-refractivity contribution in [2.24, 2.45) is 0 Å². The fourth-order valence-corrected chi connectivity index (χ4v) is 16.5. The molecule has 0 bridgehead atoms. The van der Waals surface area contributed by atoms with E-state index in [9.17, 15) is 0 Å². The van der Waals surface area contributed by atoms with Crippen LogP contribution in [0.1, 0.15) is 128 Å². The molecule has 0 radical (unpaired) electrons. The summed E-state index contributed by atoms with van der Waals surface area (Å²) in [6.07, 6.45) is 34.5. The van der Waals surface area contributed by atoms with E-state index in [2.05, 4.69) is 5.32 Å². The first-order valence-corrected chi connectivity index (χ1v) is 22.1. The molecule has 0 heterocycles. The molecule has 4 fully saturated rings. The molecule has 5 heteroatoms. The van der Waals surface area contributed by atoms with Crippen LogP contribution >= 0.6 is 25.4 Å². The van der Waals surface area contributed by atoms with Crippen LogP contribution in [0.15, 0.2) is 0 Å². The number of hydrogen-bond acceptors (Lipinski definition) is 1. The molecule has 0 saturated heterocycles. The first-order chi connectivity index (χ1) is 16.4. The summed E-state index contributed by atoms with van der Waals surface area (Å²) < 4.78 is 0. The van der Waals surface area contributed by atoms with Gasteiger partial charge < -0.3 is 5.32 Å². The average molecular weight is 697 g/mol. The summed E-state index contributed by atoms with van der Waals surface area (Å²) in [5, 5.41) is 4.05. The number of nitrogens with one attached hydrogen (secondary N) is 1. The minimum absolute atomic E-state index is 0.140. The van der Waals surface area contributed by atoms with Crippen LogP contribution in [-0.2, 0) is 17.9 Å². The second-order valence-corrected chi connectivity index (χ2v) is 18.3. The van der Waals surface area contributed by atoms with Crippen molar-refractivity contribution in [1.82, 2.24) is 5.32 Å². The molecular weight excluding hydrogens is 640 g/mol. The summed E-state index contributed by atoms with van der Waals surface area (Å²) in [5.74, 6) is 0. The maximum atomic E-state index is 4.69. The van der Waals surface area contributed by atoms with Gasteiger partial charge in [0.1, 0.15) is 0 Å². The fourth-order valence-electron chi connectivity index (χ4n) is 7.97. The summed E-state index contributed by atoms with van der Waals surface area (Å²) in [6, 6.07) is 0. The number of rotatable bonds is 10. The zero-order valence-corrected chi connectivity index (χ0v) is 27.0. The SMILES string of the molecule is C1CCC([PH+](CCNCC[PH+](C2CCCCC2)C2CCCCC2)C2CCCCC2)CC1.[Cl][IrH2]. The molecule has 4 aliphatic rings. The molecule has 1 N–H and O–H groups in total. The van der Waals surface area contributed by atoms with Crippen LogP contribution in [0.25, 0.3) is 0 Å². The van der Waals surface area contributed by atoms with Crippen molar-refractivity contribution in [2.45, 2.75) is 151 Å². The van der Waals surface area contributed by atoms with Crippen LogP contribution < -0.4 is 5.32 Å². The topological polar surface area (TPSA) is 12.0 Å². The van der Waals surface area contributed by atoms with Crippen molar-refractivity contribution in [3.63, 3.8) is 0 Å². The average Bonchev–Trinajstić information content (AvgIpc) is 2.91. The second-order valence-electron chi connectivity index (χ2n) is 11.7. The van der Waals surface area contributed by atoms with Crippen LogP contribution in [0.2, 0.25) is 0 Å². The van der Waals surface area contributed by atoms with Gasteiger partial charge in [-0.2, -0.15) is 0 Å². The Kier molecular flexibility index (Phi) is 16.1. The fraction of sp³-hybridized carbons (Fsp3) is 1.00. The third-order valence-corrected chi connectivity index (χ3v) is 17.9. The summed E-state index contributed by atoms with van der Waals surface area (Å²) in [6.45, 7) is 2.73. The standard InChI is InChI=1S/C28H53NP2.ClH.Ir.2H/c1-5-13-25(14-6-1)30(26-15-7-2-8-16-26)23-21-29-22-24-31(27-17-9-3-10-18-27)28-19-11-4-12-20-28;;;;/h25-29H,1-24H2;1H;;;/q;;+1;;/p+1. The van der Waals surface area contributed by atoms with Gasteiger partial charge in [0.25, 0.3) is 0 Å². The third kappa shape index (κ3) is 10.2. The van der Waals surface area contributed by atoms with Gasteiger partial charge >= 0.3 is 27.5 Å². The Morgan fingerprint density at radius 3 is 0.939 bits per heavy atom. The van der Waals surface area contributed by atoms with Gasteiger partial charge in [0.05, 0.1) is 35.0 Å². The molecule has 0 amide bonds. The van der Waals surface area contributed by atoms with Gasteiger partial charge in [0, 0.05) is 28.9 Å². The number of halogens is 1. The van der Waals surface area contributed by atoms with E-state index < -0.39 is 0 Å². The summed E-state index contributed by atoms with van der Waals surface area (Å²) in [4.78, 5) is 0.